The standard InChI is InChI=1S/C15H15N3O2S/c16-9-11-2-1-3-13(8-11)20-6-4-14(19)18-15-12(10-17)5-7-21-15/h1-3,5,7-8H,4,6,9,16H2,(H,18,19). The summed E-state index contributed by atoms with van der Waals surface area (Å²) in [5.74, 6) is 0.517. The molecular formula is C15H15N3O2S. The zero-order valence-electron chi connectivity index (χ0n) is 11.3. The molecule has 1 amide bonds. The van der Waals surface area contributed by atoms with Gasteiger partial charge in [-0.25, -0.2) is 0 Å². The summed E-state index contributed by atoms with van der Waals surface area (Å²) in [6.45, 7) is 0.722. The highest BCUT2D eigenvalue weighted by molar-refractivity contribution is 7.14. The molecule has 0 saturated carbocycles. The van der Waals surface area contributed by atoms with Crippen molar-refractivity contribution in [3.63, 3.8) is 0 Å². The first-order valence-electron chi connectivity index (χ1n) is 6.42. The third kappa shape index (κ3) is 4.31. The Kier molecular flexibility index (Phi) is 5.32. The molecule has 0 fully saturated rings. The Morgan fingerprint density at radius 3 is 3.05 bits per heavy atom. The maximum absolute atomic E-state index is 11.8. The Bertz CT molecular complexity index is 661. The van der Waals surface area contributed by atoms with E-state index in [2.05, 4.69) is 5.32 Å². The number of hydrogen-bond donors (Lipinski definition) is 2. The molecule has 0 spiro atoms. The van der Waals surface area contributed by atoms with Gasteiger partial charge in [0.2, 0.25) is 5.91 Å². The molecule has 0 aliphatic heterocycles. The number of nitrogens with zero attached hydrogens (tertiary/aromatic N) is 1. The van der Waals surface area contributed by atoms with E-state index < -0.39 is 0 Å². The van der Waals surface area contributed by atoms with Crippen LogP contribution in [0.2, 0.25) is 0 Å². The molecule has 0 atom stereocenters. The second kappa shape index (κ2) is 7.43. The molecule has 6 heteroatoms. The van der Waals surface area contributed by atoms with Gasteiger partial charge in [0.1, 0.15) is 16.8 Å². The Morgan fingerprint density at radius 1 is 1.43 bits per heavy atom. The van der Waals surface area contributed by atoms with E-state index in [-0.39, 0.29) is 18.9 Å². The molecule has 2 aromatic rings. The van der Waals surface area contributed by atoms with E-state index in [4.69, 9.17) is 15.7 Å². The van der Waals surface area contributed by atoms with E-state index in [1.807, 2.05) is 30.3 Å². The molecule has 1 heterocycles. The number of nitriles is 1. The highest BCUT2D eigenvalue weighted by Gasteiger charge is 2.08. The largest absolute Gasteiger partial charge is 0.493 e. The van der Waals surface area contributed by atoms with Crippen molar-refractivity contribution in [1.29, 1.82) is 5.26 Å². The lowest BCUT2D eigenvalue weighted by Gasteiger charge is -2.07. The minimum absolute atomic E-state index is 0.177. The van der Waals surface area contributed by atoms with Crippen LogP contribution in [0.5, 0.6) is 5.75 Å². The summed E-state index contributed by atoms with van der Waals surface area (Å²) in [6.07, 6.45) is 0.218. The average molecular weight is 301 g/mol. The van der Waals surface area contributed by atoms with Gasteiger partial charge >= 0.3 is 0 Å². The molecule has 108 valence electrons. The van der Waals surface area contributed by atoms with Crippen LogP contribution in [-0.4, -0.2) is 12.5 Å². The van der Waals surface area contributed by atoms with Crippen LogP contribution in [0.1, 0.15) is 17.5 Å². The Morgan fingerprint density at radius 2 is 2.29 bits per heavy atom. The number of rotatable bonds is 6. The molecule has 0 unspecified atom stereocenters. The van der Waals surface area contributed by atoms with Crippen LogP contribution in [0.3, 0.4) is 0 Å². The highest BCUT2D eigenvalue weighted by atomic mass is 32.1. The first kappa shape index (κ1) is 15.0. The number of ether oxygens (including phenoxy) is 1. The van der Waals surface area contributed by atoms with Crippen molar-refractivity contribution in [2.24, 2.45) is 5.73 Å². The molecule has 0 aliphatic rings. The molecule has 1 aromatic carbocycles. The van der Waals surface area contributed by atoms with Crippen molar-refractivity contribution in [2.75, 3.05) is 11.9 Å². The van der Waals surface area contributed by atoms with Crippen LogP contribution in [0, 0.1) is 11.3 Å². The molecule has 0 aliphatic carbocycles. The van der Waals surface area contributed by atoms with Crippen LogP contribution in [0.25, 0.3) is 0 Å². The molecule has 1 aromatic heterocycles. The van der Waals surface area contributed by atoms with Gasteiger partial charge in [0, 0.05) is 6.54 Å². The lowest BCUT2D eigenvalue weighted by atomic mass is 10.2. The van der Waals surface area contributed by atoms with Gasteiger partial charge in [0.25, 0.3) is 0 Å². The fourth-order valence-corrected chi connectivity index (χ4v) is 2.46. The monoisotopic (exact) mass is 301 g/mol. The maximum Gasteiger partial charge on any atom is 0.228 e. The van der Waals surface area contributed by atoms with Crippen molar-refractivity contribution in [3.8, 4) is 11.8 Å². The number of nitrogens with one attached hydrogen (secondary N) is 1. The smallest absolute Gasteiger partial charge is 0.228 e. The van der Waals surface area contributed by atoms with Gasteiger partial charge in [-0.05, 0) is 29.1 Å². The van der Waals surface area contributed by atoms with E-state index in [1.165, 1.54) is 11.3 Å². The third-order valence-corrected chi connectivity index (χ3v) is 3.60. The van der Waals surface area contributed by atoms with Crippen molar-refractivity contribution in [3.05, 3.63) is 46.8 Å². The fraction of sp³-hybridized carbons (Fsp3) is 0.200. The number of carbonyl (C=O) groups is 1. The van der Waals surface area contributed by atoms with Crippen LogP contribution in [0.4, 0.5) is 5.00 Å². The first-order chi connectivity index (χ1) is 10.2. The summed E-state index contributed by atoms with van der Waals surface area (Å²) < 4.78 is 5.52. The molecule has 2 rings (SSSR count). The first-order valence-corrected chi connectivity index (χ1v) is 7.30. The van der Waals surface area contributed by atoms with Crippen molar-refractivity contribution >= 4 is 22.2 Å². The second-order valence-corrected chi connectivity index (χ2v) is 5.19. The zero-order chi connectivity index (χ0) is 15.1. The summed E-state index contributed by atoms with van der Waals surface area (Å²) in [4.78, 5) is 11.8. The molecule has 0 bridgehead atoms. The Balaban J connectivity index is 1.80. The van der Waals surface area contributed by atoms with E-state index in [0.717, 1.165) is 5.56 Å². The van der Waals surface area contributed by atoms with Gasteiger partial charge in [-0.1, -0.05) is 12.1 Å². The van der Waals surface area contributed by atoms with Crippen molar-refractivity contribution in [1.82, 2.24) is 0 Å². The predicted octanol–water partition coefficient (Wildman–Crippen LogP) is 2.49. The number of benzene rings is 1. The Labute approximate surface area is 127 Å². The molecule has 5 nitrogen and oxygen atoms in total. The number of carbonyl (C=O) groups excluding carboxylic acids is 1. The van der Waals surface area contributed by atoms with Gasteiger partial charge in [-0.15, -0.1) is 11.3 Å². The second-order valence-electron chi connectivity index (χ2n) is 4.27. The number of nitrogens with two attached hydrogens (primary N) is 1. The maximum atomic E-state index is 11.8. The summed E-state index contributed by atoms with van der Waals surface area (Å²) in [7, 11) is 0. The third-order valence-electron chi connectivity index (χ3n) is 2.77. The van der Waals surface area contributed by atoms with Gasteiger partial charge < -0.3 is 15.8 Å². The summed E-state index contributed by atoms with van der Waals surface area (Å²) >= 11 is 1.33. The highest BCUT2D eigenvalue weighted by Crippen LogP contribution is 2.22. The van der Waals surface area contributed by atoms with Crippen LogP contribution >= 0.6 is 11.3 Å². The van der Waals surface area contributed by atoms with E-state index in [0.29, 0.717) is 22.9 Å². The van der Waals surface area contributed by atoms with E-state index in [1.54, 1.807) is 11.4 Å². The summed E-state index contributed by atoms with van der Waals surface area (Å²) in [5, 5.41) is 13.9. The van der Waals surface area contributed by atoms with E-state index >= 15 is 0 Å². The van der Waals surface area contributed by atoms with Gasteiger partial charge in [0.15, 0.2) is 0 Å². The van der Waals surface area contributed by atoms with Crippen molar-refractivity contribution in [2.45, 2.75) is 13.0 Å². The number of hydrogen-bond acceptors (Lipinski definition) is 5. The van der Waals surface area contributed by atoms with Gasteiger partial charge in [-0.2, -0.15) is 5.26 Å². The molecule has 0 radical (unpaired) electrons. The molecule has 0 saturated heterocycles. The molecule has 3 N–H and O–H groups in total. The van der Waals surface area contributed by atoms with E-state index in [9.17, 15) is 4.79 Å². The zero-order valence-corrected chi connectivity index (χ0v) is 12.2. The normalized spacial score (nSPS) is 9.90. The summed E-state index contributed by atoms with van der Waals surface area (Å²) in [5.41, 5.74) is 7.01. The van der Waals surface area contributed by atoms with Crippen LogP contribution in [-0.2, 0) is 11.3 Å². The van der Waals surface area contributed by atoms with Crippen LogP contribution in [0.15, 0.2) is 35.7 Å². The van der Waals surface area contributed by atoms with Gasteiger partial charge in [-0.3, -0.25) is 4.79 Å². The molecule has 21 heavy (non-hydrogen) atoms. The fourth-order valence-electron chi connectivity index (χ4n) is 1.71. The quantitative estimate of drug-likeness (QED) is 0.858. The lowest BCUT2D eigenvalue weighted by molar-refractivity contribution is -0.116. The predicted molar refractivity (Wildman–Crippen MR) is 82.1 cm³/mol. The SMILES string of the molecule is N#Cc1ccsc1NC(=O)CCOc1cccc(CN)c1. The van der Waals surface area contributed by atoms with Crippen LogP contribution < -0.4 is 15.8 Å². The molecular weight excluding hydrogens is 286 g/mol. The minimum atomic E-state index is -0.177. The summed E-state index contributed by atoms with van der Waals surface area (Å²) in [6, 6.07) is 11.2. The minimum Gasteiger partial charge on any atom is -0.493 e. The van der Waals surface area contributed by atoms with Crippen molar-refractivity contribution < 1.29 is 9.53 Å². The number of thiophene rings is 1. The Hall–Kier alpha value is -2.36. The topological polar surface area (TPSA) is 88.1 Å². The van der Waals surface area contributed by atoms with Gasteiger partial charge in [0.05, 0.1) is 18.6 Å². The number of anilines is 1. The lowest BCUT2D eigenvalue weighted by Crippen LogP contribution is -2.15. The number of amides is 1. The average Bonchev–Trinajstić information content (AvgIpc) is 2.94.